The second kappa shape index (κ2) is 6.15. The standard InChI is InChI=1S/C13H19ClN2OS/c1-15-7-3-4-10(8-15)16(2)9-11(17)12-5-6-13(14)18-12/h5-6,10H,3-4,7-9H2,1-2H3. The van der Waals surface area contributed by atoms with Gasteiger partial charge < -0.3 is 4.90 Å². The molecule has 1 saturated heterocycles. The average Bonchev–Trinajstić information content (AvgIpc) is 2.76. The molecular formula is C13H19ClN2OS. The number of carbonyl (C=O) groups excluding carboxylic acids is 1. The molecule has 0 aliphatic carbocycles. The van der Waals surface area contributed by atoms with E-state index in [2.05, 4.69) is 16.8 Å². The SMILES string of the molecule is CN1CCCC(N(C)CC(=O)c2ccc(Cl)s2)C1. The summed E-state index contributed by atoms with van der Waals surface area (Å²) in [5, 5.41) is 0. The minimum atomic E-state index is 0.169. The minimum absolute atomic E-state index is 0.169. The van der Waals surface area contributed by atoms with Crippen molar-refractivity contribution in [3.8, 4) is 0 Å². The molecule has 1 atom stereocenters. The normalized spacial score (nSPS) is 21.4. The number of carbonyl (C=O) groups is 1. The van der Waals surface area contributed by atoms with Crippen LogP contribution in [0.1, 0.15) is 22.5 Å². The Hall–Kier alpha value is -0.420. The summed E-state index contributed by atoms with van der Waals surface area (Å²) in [6.07, 6.45) is 2.39. The van der Waals surface area contributed by atoms with Gasteiger partial charge in [0.15, 0.2) is 5.78 Å². The van der Waals surface area contributed by atoms with Crippen LogP contribution < -0.4 is 0 Å². The zero-order chi connectivity index (χ0) is 13.1. The number of halogens is 1. The monoisotopic (exact) mass is 286 g/mol. The smallest absolute Gasteiger partial charge is 0.186 e. The van der Waals surface area contributed by atoms with Gasteiger partial charge in [0.25, 0.3) is 0 Å². The topological polar surface area (TPSA) is 23.6 Å². The van der Waals surface area contributed by atoms with E-state index in [-0.39, 0.29) is 5.78 Å². The Morgan fingerprint density at radius 3 is 3.00 bits per heavy atom. The first-order valence-electron chi connectivity index (χ1n) is 6.23. The van der Waals surface area contributed by atoms with E-state index in [1.165, 1.54) is 30.7 Å². The van der Waals surface area contributed by atoms with Gasteiger partial charge >= 0.3 is 0 Å². The lowest BCUT2D eigenvalue weighted by Gasteiger charge is -2.35. The fourth-order valence-corrected chi connectivity index (χ4v) is 3.37. The van der Waals surface area contributed by atoms with Gasteiger partial charge in [0.2, 0.25) is 0 Å². The van der Waals surface area contributed by atoms with Crippen molar-refractivity contribution >= 4 is 28.7 Å². The molecule has 5 heteroatoms. The predicted molar refractivity (Wildman–Crippen MR) is 76.8 cm³/mol. The van der Waals surface area contributed by atoms with E-state index in [0.29, 0.717) is 16.9 Å². The van der Waals surface area contributed by atoms with Crippen molar-refractivity contribution in [3.63, 3.8) is 0 Å². The largest absolute Gasteiger partial charge is 0.305 e. The number of thiophene rings is 1. The molecule has 0 spiro atoms. The number of hydrogen-bond donors (Lipinski definition) is 0. The molecule has 1 unspecified atom stereocenters. The Bertz CT molecular complexity index is 421. The van der Waals surface area contributed by atoms with Crippen LogP contribution in [0.4, 0.5) is 0 Å². The molecule has 100 valence electrons. The average molecular weight is 287 g/mol. The molecule has 0 bridgehead atoms. The molecular weight excluding hydrogens is 268 g/mol. The molecule has 0 amide bonds. The van der Waals surface area contributed by atoms with Gasteiger partial charge in [0, 0.05) is 12.6 Å². The van der Waals surface area contributed by atoms with E-state index in [0.717, 1.165) is 11.4 Å². The van der Waals surface area contributed by atoms with Crippen molar-refractivity contribution in [2.75, 3.05) is 33.7 Å². The van der Waals surface area contributed by atoms with E-state index in [9.17, 15) is 4.79 Å². The lowest BCUT2D eigenvalue weighted by Crippen LogP contribution is -2.46. The summed E-state index contributed by atoms with van der Waals surface area (Å²) in [5.74, 6) is 0.169. The van der Waals surface area contributed by atoms with Crippen LogP contribution >= 0.6 is 22.9 Å². The first-order valence-corrected chi connectivity index (χ1v) is 7.43. The highest BCUT2D eigenvalue weighted by Gasteiger charge is 2.23. The van der Waals surface area contributed by atoms with Gasteiger partial charge in [-0.05, 0) is 45.6 Å². The minimum Gasteiger partial charge on any atom is -0.305 e. The van der Waals surface area contributed by atoms with Crippen LogP contribution in [0.3, 0.4) is 0 Å². The molecule has 2 rings (SSSR count). The third-order valence-corrected chi connectivity index (χ3v) is 4.74. The van der Waals surface area contributed by atoms with Crippen LogP contribution in [0.25, 0.3) is 0 Å². The molecule has 0 aromatic carbocycles. The molecule has 2 heterocycles. The molecule has 0 radical (unpaired) electrons. The lowest BCUT2D eigenvalue weighted by atomic mass is 10.0. The van der Waals surface area contributed by atoms with Gasteiger partial charge in [-0.25, -0.2) is 0 Å². The van der Waals surface area contributed by atoms with Gasteiger partial charge in [0.1, 0.15) is 0 Å². The molecule has 0 saturated carbocycles. The fourth-order valence-electron chi connectivity index (χ4n) is 2.40. The third kappa shape index (κ3) is 3.54. The third-order valence-electron chi connectivity index (χ3n) is 3.46. The van der Waals surface area contributed by atoms with Gasteiger partial charge in [-0.2, -0.15) is 0 Å². The van der Waals surface area contributed by atoms with Crippen LogP contribution in [0, 0.1) is 0 Å². The van der Waals surface area contributed by atoms with Gasteiger partial charge in [-0.15, -0.1) is 11.3 Å². The van der Waals surface area contributed by atoms with E-state index >= 15 is 0 Å². The number of likely N-dealkylation sites (N-methyl/N-ethyl adjacent to an activating group) is 2. The number of likely N-dealkylation sites (tertiary alicyclic amines) is 1. The summed E-state index contributed by atoms with van der Waals surface area (Å²) in [6.45, 7) is 2.70. The highest BCUT2D eigenvalue weighted by molar-refractivity contribution is 7.18. The second-order valence-corrected chi connectivity index (χ2v) is 6.72. The number of ketones is 1. The maximum atomic E-state index is 12.1. The molecule has 1 aliphatic heterocycles. The molecule has 1 aromatic heterocycles. The van der Waals surface area contributed by atoms with E-state index in [1.807, 2.05) is 13.1 Å². The predicted octanol–water partition coefficient (Wildman–Crippen LogP) is 2.61. The van der Waals surface area contributed by atoms with Gasteiger partial charge in [-0.3, -0.25) is 9.69 Å². The first kappa shape index (κ1) is 14.0. The first-order chi connectivity index (χ1) is 8.56. The van der Waals surface area contributed by atoms with Gasteiger partial charge in [-0.1, -0.05) is 11.6 Å². The molecule has 1 aliphatic rings. The van der Waals surface area contributed by atoms with Crippen LogP contribution in [0.2, 0.25) is 4.34 Å². The fraction of sp³-hybridized carbons (Fsp3) is 0.615. The highest BCUT2D eigenvalue weighted by Crippen LogP contribution is 2.22. The highest BCUT2D eigenvalue weighted by atomic mass is 35.5. The Morgan fingerprint density at radius 2 is 2.39 bits per heavy atom. The maximum absolute atomic E-state index is 12.1. The van der Waals surface area contributed by atoms with Crippen molar-refractivity contribution in [3.05, 3.63) is 21.3 Å². The van der Waals surface area contributed by atoms with Crippen molar-refractivity contribution in [1.29, 1.82) is 0 Å². The molecule has 1 aromatic rings. The number of piperidine rings is 1. The maximum Gasteiger partial charge on any atom is 0.186 e. The van der Waals surface area contributed by atoms with Crippen LogP contribution in [-0.2, 0) is 0 Å². The summed E-state index contributed by atoms with van der Waals surface area (Å²) < 4.78 is 0.679. The van der Waals surface area contributed by atoms with Crippen LogP contribution in [0.5, 0.6) is 0 Å². The van der Waals surface area contributed by atoms with E-state index < -0.39 is 0 Å². The zero-order valence-corrected chi connectivity index (χ0v) is 12.4. The summed E-state index contributed by atoms with van der Waals surface area (Å²) in [6, 6.07) is 4.09. The Labute approximate surface area is 117 Å². The van der Waals surface area contributed by atoms with Gasteiger partial charge in [0.05, 0.1) is 15.8 Å². The number of Topliss-reactive ketones (excluding diaryl/α,β-unsaturated/α-hetero) is 1. The number of nitrogens with zero attached hydrogens (tertiary/aromatic N) is 2. The quantitative estimate of drug-likeness (QED) is 0.795. The van der Waals surface area contributed by atoms with Crippen LogP contribution in [0.15, 0.2) is 12.1 Å². The Kier molecular flexibility index (Phi) is 4.78. The second-order valence-electron chi connectivity index (χ2n) is 5.00. The summed E-state index contributed by atoms with van der Waals surface area (Å²) in [5.41, 5.74) is 0. The van der Waals surface area contributed by atoms with Crippen molar-refractivity contribution < 1.29 is 4.79 Å². The van der Waals surface area contributed by atoms with Crippen molar-refractivity contribution in [2.45, 2.75) is 18.9 Å². The number of hydrogen-bond acceptors (Lipinski definition) is 4. The molecule has 18 heavy (non-hydrogen) atoms. The molecule has 3 nitrogen and oxygen atoms in total. The Morgan fingerprint density at radius 1 is 1.61 bits per heavy atom. The summed E-state index contributed by atoms with van der Waals surface area (Å²) in [4.78, 5) is 17.4. The lowest BCUT2D eigenvalue weighted by molar-refractivity contribution is 0.0861. The molecule has 0 N–H and O–H groups in total. The summed E-state index contributed by atoms with van der Waals surface area (Å²) >= 11 is 7.22. The summed E-state index contributed by atoms with van der Waals surface area (Å²) in [7, 11) is 4.18. The van der Waals surface area contributed by atoms with Crippen LogP contribution in [-0.4, -0.2) is 55.4 Å². The van der Waals surface area contributed by atoms with Crippen molar-refractivity contribution in [1.82, 2.24) is 9.80 Å². The number of rotatable bonds is 4. The van der Waals surface area contributed by atoms with E-state index in [1.54, 1.807) is 6.07 Å². The molecule has 1 fully saturated rings. The zero-order valence-electron chi connectivity index (χ0n) is 10.9. The van der Waals surface area contributed by atoms with Crippen molar-refractivity contribution in [2.24, 2.45) is 0 Å². The van der Waals surface area contributed by atoms with E-state index in [4.69, 9.17) is 11.6 Å². The Balaban J connectivity index is 1.90.